The van der Waals surface area contributed by atoms with Gasteiger partial charge in [0.05, 0.1) is 15.4 Å². The maximum atomic E-state index is 12.2. The van der Waals surface area contributed by atoms with Gasteiger partial charge >= 0.3 is 5.97 Å². The average molecular weight is 427 g/mol. The second-order valence-corrected chi connectivity index (χ2v) is 7.11. The summed E-state index contributed by atoms with van der Waals surface area (Å²) in [5.41, 5.74) is 0.606. The van der Waals surface area contributed by atoms with Crippen LogP contribution in [0.15, 0.2) is 64.9 Å². The van der Waals surface area contributed by atoms with Crippen molar-refractivity contribution < 1.29 is 19.2 Å². The zero-order valence-corrected chi connectivity index (χ0v) is 16.7. The first-order valence-corrected chi connectivity index (χ1v) is 9.53. The van der Waals surface area contributed by atoms with Crippen LogP contribution in [0.3, 0.4) is 0 Å². The number of carbonyl (C=O) groups excluding carboxylic acids is 2. The van der Waals surface area contributed by atoms with E-state index in [4.69, 9.17) is 4.74 Å². The quantitative estimate of drug-likeness (QED) is 0.329. The number of benzene rings is 2. The van der Waals surface area contributed by atoms with Crippen molar-refractivity contribution in [2.24, 2.45) is 7.05 Å². The van der Waals surface area contributed by atoms with E-state index in [1.165, 1.54) is 18.5 Å². The molecule has 0 saturated carbocycles. The highest BCUT2D eigenvalue weighted by Crippen LogP contribution is 2.34. The van der Waals surface area contributed by atoms with Gasteiger partial charge in [-0.05, 0) is 29.5 Å². The van der Waals surface area contributed by atoms with E-state index in [-0.39, 0.29) is 11.3 Å². The Morgan fingerprint density at radius 1 is 1.23 bits per heavy atom. The van der Waals surface area contributed by atoms with Crippen molar-refractivity contribution in [1.29, 1.82) is 0 Å². The molecule has 3 aromatic rings. The van der Waals surface area contributed by atoms with E-state index in [9.17, 15) is 19.7 Å². The summed E-state index contributed by atoms with van der Waals surface area (Å²) in [7, 11) is 1.71. The van der Waals surface area contributed by atoms with Gasteiger partial charge in [-0.1, -0.05) is 30.3 Å². The summed E-state index contributed by atoms with van der Waals surface area (Å²) in [5.74, 6) is -1.31. The molecule has 154 valence electrons. The molecule has 3 rings (SSSR count). The molecule has 30 heavy (non-hydrogen) atoms. The third kappa shape index (κ3) is 5.41. The lowest BCUT2D eigenvalue weighted by molar-refractivity contribution is -0.387. The third-order valence-electron chi connectivity index (χ3n) is 3.93. The van der Waals surface area contributed by atoms with Gasteiger partial charge in [-0.3, -0.25) is 14.9 Å². The smallest absolute Gasteiger partial charge is 0.338 e. The topological polar surface area (TPSA) is 129 Å². The predicted octanol–water partition coefficient (Wildman–Crippen LogP) is 2.35. The fraction of sp³-hybridized carbons (Fsp3) is 0.158. The number of nitrogens with zero attached hydrogens (tertiary/aromatic N) is 4. The number of nitrogens with one attached hydrogen (secondary N) is 1. The van der Waals surface area contributed by atoms with E-state index in [0.29, 0.717) is 16.6 Å². The Bertz CT molecular complexity index is 1070. The van der Waals surface area contributed by atoms with Crippen LogP contribution in [0.25, 0.3) is 0 Å². The lowest BCUT2D eigenvalue weighted by Crippen LogP contribution is -2.28. The van der Waals surface area contributed by atoms with Crippen molar-refractivity contribution in [2.45, 2.75) is 16.6 Å². The van der Waals surface area contributed by atoms with E-state index in [2.05, 4.69) is 15.5 Å². The normalized spacial score (nSPS) is 10.4. The summed E-state index contributed by atoms with van der Waals surface area (Å²) < 4.78 is 6.59. The molecule has 1 heterocycles. The van der Waals surface area contributed by atoms with Crippen molar-refractivity contribution in [2.75, 3.05) is 6.61 Å². The summed E-state index contributed by atoms with van der Waals surface area (Å²) in [6, 6.07) is 13.2. The van der Waals surface area contributed by atoms with Crippen LogP contribution in [0.1, 0.15) is 15.9 Å². The van der Waals surface area contributed by atoms with Gasteiger partial charge in [-0.15, -0.1) is 10.2 Å². The molecule has 10 nitrogen and oxygen atoms in total. The average Bonchev–Trinajstić information content (AvgIpc) is 3.15. The minimum atomic E-state index is -0.830. The molecule has 1 N–H and O–H groups in total. The molecular formula is C19H17N5O5S. The Hall–Kier alpha value is -3.73. The van der Waals surface area contributed by atoms with Crippen LogP contribution in [0.5, 0.6) is 0 Å². The van der Waals surface area contributed by atoms with Gasteiger partial charge < -0.3 is 14.6 Å². The zero-order chi connectivity index (χ0) is 21.5. The molecule has 0 atom stereocenters. The number of nitro benzene ring substituents is 1. The number of hydrogen-bond acceptors (Lipinski definition) is 8. The Morgan fingerprint density at radius 3 is 2.67 bits per heavy atom. The SMILES string of the molecule is Cn1cnnc1Sc1ccc(C(=O)OCC(=O)NCc2ccccc2)cc1[N+](=O)[O-]. The number of esters is 1. The largest absolute Gasteiger partial charge is 0.452 e. The second kappa shape index (κ2) is 9.65. The van der Waals surface area contributed by atoms with E-state index in [1.807, 2.05) is 30.3 Å². The summed E-state index contributed by atoms with van der Waals surface area (Å²) in [6.07, 6.45) is 1.47. The molecule has 1 amide bonds. The molecular weight excluding hydrogens is 410 g/mol. The zero-order valence-electron chi connectivity index (χ0n) is 15.8. The fourth-order valence-electron chi connectivity index (χ4n) is 2.40. The number of nitro groups is 1. The Kier molecular flexibility index (Phi) is 6.75. The summed E-state index contributed by atoms with van der Waals surface area (Å²) >= 11 is 1.05. The number of amides is 1. The van der Waals surface area contributed by atoms with Gasteiger partial charge in [-0.2, -0.15) is 0 Å². The number of aryl methyl sites for hydroxylation is 1. The van der Waals surface area contributed by atoms with Crippen LogP contribution in [0.4, 0.5) is 5.69 Å². The van der Waals surface area contributed by atoms with Crippen LogP contribution in [-0.2, 0) is 23.1 Å². The molecule has 1 aromatic heterocycles. The minimum absolute atomic E-state index is 0.0279. The molecule has 0 saturated heterocycles. The van der Waals surface area contributed by atoms with Gasteiger partial charge in [0.25, 0.3) is 11.6 Å². The van der Waals surface area contributed by atoms with Gasteiger partial charge in [0.15, 0.2) is 11.8 Å². The molecule has 0 aliphatic rings. The number of carbonyl (C=O) groups is 2. The minimum Gasteiger partial charge on any atom is -0.452 e. The van der Waals surface area contributed by atoms with Crippen LogP contribution in [0.2, 0.25) is 0 Å². The van der Waals surface area contributed by atoms with E-state index in [1.54, 1.807) is 11.6 Å². The van der Waals surface area contributed by atoms with Crippen molar-refractivity contribution in [3.05, 3.63) is 76.1 Å². The molecule has 0 fully saturated rings. The molecule has 0 aliphatic carbocycles. The van der Waals surface area contributed by atoms with Crippen molar-refractivity contribution in [3.63, 3.8) is 0 Å². The Labute approximate surface area is 175 Å². The maximum absolute atomic E-state index is 12.2. The molecule has 0 bridgehead atoms. The number of ether oxygens (including phenoxy) is 1. The van der Waals surface area contributed by atoms with Gasteiger partial charge in [0.1, 0.15) is 6.33 Å². The van der Waals surface area contributed by atoms with Crippen molar-refractivity contribution in [3.8, 4) is 0 Å². The van der Waals surface area contributed by atoms with E-state index >= 15 is 0 Å². The maximum Gasteiger partial charge on any atom is 0.338 e. The highest BCUT2D eigenvalue weighted by atomic mass is 32.2. The molecule has 2 aromatic carbocycles. The fourth-order valence-corrected chi connectivity index (χ4v) is 3.25. The van der Waals surface area contributed by atoms with Crippen molar-refractivity contribution in [1.82, 2.24) is 20.1 Å². The van der Waals surface area contributed by atoms with Crippen LogP contribution in [0, 0.1) is 10.1 Å². The standard InChI is InChI=1S/C19H17N5O5S/c1-23-12-21-22-19(23)30-16-8-7-14(9-15(16)24(27)28)18(26)29-11-17(25)20-10-13-5-3-2-4-6-13/h2-9,12H,10-11H2,1H3,(H,20,25). The lowest BCUT2D eigenvalue weighted by Gasteiger charge is -2.08. The number of hydrogen-bond donors (Lipinski definition) is 1. The molecule has 0 aliphatic heterocycles. The third-order valence-corrected chi connectivity index (χ3v) is 5.05. The summed E-state index contributed by atoms with van der Waals surface area (Å²) in [6.45, 7) is -0.189. The highest BCUT2D eigenvalue weighted by molar-refractivity contribution is 7.99. The second-order valence-electron chi connectivity index (χ2n) is 6.10. The predicted molar refractivity (Wildman–Crippen MR) is 107 cm³/mol. The van der Waals surface area contributed by atoms with Crippen LogP contribution < -0.4 is 5.32 Å². The monoisotopic (exact) mass is 427 g/mol. The Morgan fingerprint density at radius 2 is 2.00 bits per heavy atom. The molecule has 11 heteroatoms. The number of aromatic nitrogens is 3. The summed E-state index contributed by atoms with van der Waals surface area (Å²) in [5, 5.41) is 22.1. The Balaban J connectivity index is 1.61. The van der Waals surface area contributed by atoms with Crippen molar-refractivity contribution >= 4 is 29.3 Å². The van der Waals surface area contributed by atoms with Crippen LogP contribution in [-0.4, -0.2) is 38.2 Å². The lowest BCUT2D eigenvalue weighted by atomic mass is 10.2. The van der Waals surface area contributed by atoms with Crippen LogP contribution >= 0.6 is 11.8 Å². The molecule has 0 radical (unpaired) electrons. The van der Waals surface area contributed by atoms with Gasteiger partial charge in [0.2, 0.25) is 0 Å². The number of rotatable bonds is 8. The first-order chi connectivity index (χ1) is 14.4. The highest BCUT2D eigenvalue weighted by Gasteiger charge is 2.21. The summed E-state index contributed by atoms with van der Waals surface area (Å²) in [4.78, 5) is 35.2. The van der Waals surface area contributed by atoms with Gasteiger partial charge in [-0.25, -0.2) is 4.79 Å². The van der Waals surface area contributed by atoms with E-state index in [0.717, 1.165) is 23.4 Å². The first-order valence-electron chi connectivity index (χ1n) is 8.72. The molecule has 0 unspecified atom stereocenters. The van der Waals surface area contributed by atoms with E-state index < -0.39 is 23.4 Å². The van der Waals surface area contributed by atoms with Gasteiger partial charge in [0, 0.05) is 19.7 Å². The first kappa shape index (κ1) is 21.0. The molecule has 0 spiro atoms.